The van der Waals surface area contributed by atoms with Gasteiger partial charge in [0.1, 0.15) is 5.75 Å². The fourth-order valence-corrected chi connectivity index (χ4v) is 3.46. The molecule has 8 heteroatoms. The maximum absolute atomic E-state index is 12.3. The summed E-state index contributed by atoms with van der Waals surface area (Å²) < 4.78 is 15.3. The van der Waals surface area contributed by atoms with E-state index >= 15 is 0 Å². The molecule has 164 valence electrons. The molecule has 0 aliphatic heterocycles. The van der Waals surface area contributed by atoms with E-state index in [1.807, 2.05) is 0 Å². The number of carbonyl (C=O) groups is 3. The Morgan fingerprint density at radius 1 is 0.774 bits per heavy atom. The SMILES string of the molecule is COC(=O)c1ccc(NC(=O)NC2CCC(Oc3ccc(C(=O)OC)cc3)CC2)cc1. The first-order valence-electron chi connectivity index (χ1n) is 10.1. The minimum Gasteiger partial charge on any atom is -0.490 e. The molecule has 1 saturated carbocycles. The number of ether oxygens (including phenoxy) is 3. The van der Waals surface area contributed by atoms with E-state index in [9.17, 15) is 14.4 Å². The molecule has 1 aliphatic carbocycles. The summed E-state index contributed by atoms with van der Waals surface area (Å²) in [6.45, 7) is 0. The molecule has 2 N–H and O–H groups in total. The molecule has 0 radical (unpaired) electrons. The molecular weight excluding hydrogens is 400 g/mol. The van der Waals surface area contributed by atoms with Gasteiger partial charge in [0.25, 0.3) is 0 Å². The molecule has 3 rings (SSSR count). The third-order valence-corrected chi connectivity index (χ3v) is 5.15. The van der Waals surface area contributed by atoms with E-state index in [1.54, 1.807) is 48.5 Å². The molecule has 0 bridgehead atoms. The van der Waals surface area contributed by atoms with Crippen LogP contribution in [0.3, 0.4) is 0 Å². The average molecular weight is 426 g/mol. The summed E-state index contributed by atoms with van der Waals surface area (Å²) >= 11 is 0. The van der Waals surface area contributed by atoms with Crippen LogP contribution in [-0.4, -0.2) is 44.3 Å². The largest absolute Gasteiger partial charge is 0.490 e. The minimum atomic E-state index is -0.422. The molecule has 0 heterocycles. The van der Waals surface area contributed by atoms with E-state index in [0.717, 1.165) is 25.7 Å². The summed E-state index contributed by atoms with van der Waals surface area (Å²) in [5.74, 6) is -0.0950. The molecule has 2 aromatic carbocycles. The number of benzene rings is 2. The highest BCUT2D eigenvalue weighted by atomic mass is 16.5. The number of rotatable bonds is 6. The lowest BCUT2D eigenvalue weighted by molar-refractivity contribution is 0.0591. The number of hydrogen-bond donors (Lipinski definition) is 2. The Kier molecular flexibility index (Phi) is 7.48. The van der Waals surface area contributed by atoms with Crippen LogP contribution < -0.4 is 15.4 Å². The normalized spacial score (nSPS) is 17.9. The maximum Gasteiger partial charge on any atom is 0.337 e. The fraction of sp³-hybridized carbons (Fsp3) is 0.348. The summed E-state index contributed by atoms with van der Waals surface area (Å²) in [6.07, 6.45) is 3.31. The molecule has 1 fully saturated rings. The standard InChI is InChI=1S/C23H26N2O6/c1-29-21(26)15-3-7-17(8-4-15)24-23(28)25-18-9-13-20(14-10-18)31-19-11-5-16(6-12-19)22(27)30-2/h3-8,11-12,18,20H,9-10,13-14H2,1-2H3,(H2,24,25,28). The van der Waals surface area contributed by atoms with Crippen molar-refractivity contribution in [2.45, 2.75) is 37.8 Å². The van der Waals surface area contributed by atoms with Crippen LogP contribution in [-0.2, 0) is 9.47 Å². The van der Waals surface area contributed by atoms with Gasteiger partial charge in [-0.05, 0) is 74.2 Å². The minimum absolute atomic E-state index is 0.0656. The summed E-state index contributed by atoms with van der Waals surface area (Å²) in [7, 11) is 2.67. The maximum atomic E-state index is 12.3. The summed E-state index contributed by atoms with van der Waals surface area (Å²) in [6, 6.07) is 13.2. The lowest BCUT2D eigenvalue weighted by atomic mass is 9.93. The van der Waals surface area contributed by atoms with Crippen molar-refractivity contribution in [1.29, 1.82) is 0 Å². The molecular formula is C23H26N2O6. The van der Waals surface area contributed by atoms with Gasteiger partial charge in [0, 0.05) is 11.7 Å². The topological polar surface area (TPSA) is 103 Å². The summed E-state index contributed by atoms with van der Waals surface area (Å²) in [5, 5.41) is 5.75. The van der Waals surface area contributed by atoms with Gasteiger partial charge in [-0.3, -0.25) is 0 Å². The smallest absolute Gasteiger partial charge is 0.337 e. The predicted molar refractivity (Wildman–Crippen MR) is 114 cm³/mol. The lowest BCUT2D eigenvalue weighted by Gasteiger charge is -2.29. The number of nitrogens with one attached hydrogen (secondary N) is 2. The molecule has 0 spiro atoms. The van der Waals surface area contributed by atoms with Gasteiger partial charge in [-0.15, -0.1) is 0 Å². The molecule has 8 nitrogen and oxygen atoms in total. The van der Waals surface area contributed by atoms with Crippen LogP contribution in [0.1, 0.15) is 46.4 Å². The van der Waals surface area contributed by atoms with E-state index in [-0.39, 0.29) is 24.1 Å². The monoisotopic (exact) mass is 426 g/mol. The first-order chi connectivity index (χ1) is 15.0. The molecule has 31 heavy (non-hydrogen) atoms. The van der Waals surface area contributed by atoms with Gasteiger partial charge in [-0.1, -0.05) is 0 Å². The van der Waals surface area contributed by atoms with Gasteiger partial charge in [0.05, 0.1) is 31.5 Å². The van der Waals surface area contributed by atoms with Gasteiger partial charge >= 0.3 is 18.0 Å². The second kappa shape index (κ2) is 10.5. The molecule has 0 unspecified atom stereocenters. The lowest BCUT2D eigenvalue weighted by Crippen LogP contribution is -2.41. The third-order valence-electron chi connectivity index (χ3n) is 5.15. The first-order valence-corrected chi connectivity index (χ1v) is 10.1. The van der Waals surface area contributed by atoms with E-state index in [1.165, 1.54) is 14.2 Å². The second-order valence-electron chi connectivity index (χ2n) is 7.27. The number of anilines is 1. The Hall–Kier alpha value is -3.55. The quantitative estimate of drug-likeness (QED) is 0.682. The van der Waals surface area contributed by atoms with Crippen LogP contribution in [0.5, 0.6) is 5.75 Å². The molecule has 0 saturated heterocycles. The van der Waals surface area contributed by atoms with E-state index in [2.05, 4.69) is 20.1 Å². The number of amides is 2. The zero-order valence-electron chi connectivity index (χ0n) is 17.6. The van der Waals surface area contributed by atoms with E-state index in [0.29, 0.717) is 22.6 Å². The fourth-order valence-electron chi connectivity index (χ4n) is 3.46. The summed E-state index contributed by atoms with van der Waals surface area (Å²) in [5.41, 5.74) is 1.50. The van der Waals surface area contributed by atoms with E-state index in [4.69, 9.17) is 4.74 Å². The van der Waals surface area contributed by atoms with Crippen LogP contribution in [0, 0.1) is 0 Å². The Morgan fingerprint density at radius 2 is 1.29 bits per heavy atom. The Labute approximate surface area is 180 Å². The third kappa shape index (κ3) is 6.21. The average Bonchev–Trinajstić information content (AvgIpc) is 2.80. The van der Waals surface area contributed by atoms with Crippen molar-refractivity contribution in [1.82, 2.24) is 5.32 Å². The molecule has 0 atom stereocenters. The van der Waals surface area contributed by atoms with Crippen molar-refractivity contribution >= 4 is 23.7 Å². The van der Waals surface area contributed by atoms with Gasteiger partial charge in [-0.2, -0.15) is 0 Å². The van der Waals surface area contributed by atoms with Gasteiger partial charge in [0.15, 0.2) is 0 Å². The van der Waals surface area contributed by atoms with E-state index < -0.39 is 5.97 Å². The van der Waals surface area contributed by atoms with Crippen molar-refractivity contribution in [2.75, 3.05) is 19.5 Å². The highest BCUT2D eigenvalue weighted by molar-refractivity contribution is 5.92. The predicted octanol–water partition coefficient (Wildman–Crippen LogP) is 3.77. The highest BCUT2D eigenvalue weighted by Crippen LogP contribution is 2.24. The molecule has 0 aromatic heterocycles. The molecule has 2 amide bonds. The number of methoxy groups -OCH3 is 2. The number of urea groups is 1. The number of hydrogen-bond acceptors (Lipinski definition) is 6. The first kappa shape index (κ1) is 22.1. The zero-order chi connectivity index (χ0) is 22.2. The van der Waals surface area contributed by atoms with Crippen molar-refractivity contribution in [3.63, 3.8) is 0 Å². The molecule has 2 aromatic rings. The van der Waals surface area contributed by atoms with Crippen LogP contribution in [0.15, 0.2) is 48.5 Å². The van der Waals surface area contributed by atoms with Gasteiger partial charge in [0.2, 0.25) is 0 Å². The zero-order valence-corrected chi connectivity index (χ0v) is 17.6. The van der Waals surface area contributed by atoms with Crippen LogP contribution in [0.25, 0.3) is 0 Å². The Balaban J connectivity index is 1.42. The summed E-state index contributed by atoms with van der Waals surface area (Å²) in [4.78, 5) is 35.2. The number of carbonyl (C=O) groups excluding carboxylic acids is 3. The van der Waals surface area contributed by atoms with Gasteiger partial charge in [-0.25, -0.2) is 14.4 Å². The number of esters is 2. The van der Waals surface area contributed by atoms with Crippen LogP contribution >= 0.6 is 0 Å². The van der Waals surface area contributed by atoms with Crippen molar-refractivity contribution < 1.29 is 28.6 Å². The highest BCUT2D eigenvalue weighted by Gasteiger charge is 2.24. The molecule has 1 aliphatic rings. The Morgan fingerprint density at radius 3 is 1.81 bits per heavy atom. The van der Waals surface area contributed by atoms with Crippen molar-refractivity contribution in [3.8, 4) is 5.75 Å². The van der Waals surface area contributed by atoms with Crippen LogP contribution in [0.4, 0.5) is 10.5 Å². The van der Waals surface area contributed by atoms with Crippen LogP contribution in [0.2, 0.25) is 0 Å². The van der Waals surface area contributed by atoms with Gasteiger partial charge < -0.3 is 24.8 Å². The van der Waals surface area contributed by atoms with Crippen molar-refractivity contribution in [2.24, 2.45) is 0 Å². The second-order valence-corrected chi connectivity index (χ2v) is 7.27. The van der Waals surface area contributed by atoms with Crippen molar-refractivity contribution in [3.05, 3.63) is 59.7 Å². The Bertz CT molecular complexity index is 903.